The van der Waals surface area contributed by atoms with Crippen molar-refractivity contribution in [2.75, 3.05) is 0 Å². The van der Waals surface area contributed by atoms with Crippen LogP contribution in [0.15, 0.2) is 0 Å². The van der Waals surface area contributed by atoms with Gasteiger partial charge in [0.15, 0.2) is 0 Å². The average molecular weight is 335 g/mol. The second-order valence-electron chi connectivity index (χ2n) is 7.51. The van der Waals surface area contributed by atoms with Gasteiger partial charge < -0.3 is 0 Å². The molecule has 0 saturated heterocycles. The van der Waals surface area contributed by atoms with Gasteiger partial charge in [0.25, 0.3) is 0 Å². The van der Waals surface area contributed by atoms with Crippen LogP contribution in [0.2, 0.25) is 0 Å². The summed E-state index contributed by atoms with van der Waals surface area (Å²) in [5, 5.41) is 0. The van der Waals surface area contributed by atoms with E-state index in [1.165, 1.54) is 116 Å². The second-order valence-corrected chi connectivity index (χ2v) is 7.51. The minimum Gasteiger partial charge on any atom is -0.103 e. The van der Waals surface area contributed by atoms with Crippen molar-refractivity contribution in [3.8, 4) is 11.8 Å². The zero-order chi connectivity index (χ0) is 17.6. The van der Waals surface area contributed by atoms with Crippen molar-refractivity contribution >= 4 is 0 Å². The molecule has 0 heteroatoms. The molecule has 0 bridgehead atoms. The van der Waals surface area contributed by atoms with E-state index in [0.29, 0.717) is 0 Å². The van der Waals surface area contributed by atoms with E-state index in [-0.39, 0.29) is 0 Å². The minimum absolute atomic E-state index is 1.12. The van der Waals surface area contributed by atoms with Gasteiger partial charge in [-0.25, -0.2) is 0 Å². The van der Waals surface area contributed by atoms with Gasteiger partial charge in [-0.1, -0.05) is 117 Å². The summed E-state index contributed by atoms with van der Waals surface area (Å²) in [4.78, 5) is 0. The third-order valence-electron chi connectivity index (χ3n) is 4.94. The van der Waals surface area contributed by atoms with Gasteiger partial charge in [0, 0.05) is 12.8 Å². The lowest BCUT2D eigenvalue weighted by atomic mass is 10.0. The molecule has 0 nitrogen and oxygen atoms in total. The van der Waals surface area contributed by atoms with Crippen molar-refractivity contribution in [3.05, 3.63) is 0 Å². The van der Waals surface area contributed by atoms with E-state index in [4.69, 9.17) is 0 Å². The van der Waals surface area contributed by atoms with Crippen LogP contribution in [0.3, 0.4) is 0 Å². The molecule has 0 amide bonds. The van der Waals surface area contributed by atoms with Gasteiger partial charge in [0.1, 0.15) is 0 Å². The molecule has 142 valence electrons. The van der Waals surface area contributed by atoms with Crippen LogP contribution < -0.4 is 0 Å². The molecule has 0 heterocycles. The Hall–Kier alpha value is -0.440. The maximum absolute atomic E-state index is 3.34. The minimum atomic E-state index is 1.12. The number of unbranched alkanes of at least 4 members (excludes halogenated alkanes) is 18. The van der Waals surface area contributed by atoms with Crippen LogP contribution in [-0.4, -0.2) is 0 Å². The van der Waals surface area contributed by atoms with Crippen molar-refractivity contribution in [1.82, 2.24) is 0 Å². The van der Waals surface area contributed by atoms with Crippen molar-refractivity contribution in [2.45, 2.75) is 142 Å². The van der Waals surface area contributed by atoms with Crippen LogP contribution in [0.1, 0.15) is 142 Å². The molecule has 0 aliphatic heterocycles. The average Bonchev–Trinajstić information content (AvgIpc) is 2.60. The van der Waals surface area contributed by atoms with E-state index in [2.05, 4.69) is 25.7 Å². The number of hydrogen-bond donors (Lipinski definition) is 0. The Morgan fingerprint density at radius 2 is 0.583 bits per heavy atom. The van der Waals surface area contributed by atoms with Gasteiger partial charge >= 0.3 is 0 Å². The van der Waals surface area contributed by atoms with Crippen molar-refractivity contribution in [3.63, 3.8) is 0 Å². The monoisotopic (exact) mass is 334 g/mol. The molecule has 0 spiro atoms. The SMILES string of the molecule is CCCCCC#CCCCCCCCCCCCCCCCCC. The summed E-state index contributed by atoms with van der Waals surface area (Å²) in [6, 6.07) is 0. The molecular formula is C24H46. The van der Waals surface area contributed by atoms with Crippen molar-refractivity contribution < 1.29 is 0 Å². The first kappa shape index (κ1) is 23.6. The molecule has 0 radical (unpaired) electrons. The fraction of sp³-hybridized carbons (Fsp3) is 0.917. The normalized spacial score (nSPS) is 10.6. The molecule has 24 heavy (non-hydrogen) atoms. The van der Waals surface area contributed by atoms with Gasteiger partial charge in [-0.15, -0.1) is 11.8 Å². The highest BCUT2D eigenvalue weighted by Crippen LogP contribution is 2.13. The summed E-state index contributed by atoms with van der Waals surface area (Å²) < 4.78 is 0. The lowest BCUT2D eigenvalue weighted by molar-refractivity contribution is 0.533. The molecule has 0 aliphatic carbocycles. The van der Waals surface area contributed by atoms with E-state index in [1.807, 2.05) is 0 Å². The van der Waals surface area contributed by atoms with E-state index >= 15 is 0 Å². The molecule has 0 rings (SSSR count). The predicted molar refractivity (Wildman–Crippen MR) is 111 cm³/mol. The summed E-state index contributed by atoms with van der Waals surface area (Å²) in [7, 11) is 0. The zero-order valence-corrected chi connectivity index (χ0v) is 17.1. The van der Waals surface area contributed by atoms with E-state index in [9.17, 15) is 0 Å². The maximum Gasteiger partial charge on any atom is 0.00886 e. The fourth-order valence-electron chi connectivity index (χ4n) is 3.22. The van der Waals surface area contributed by atoms with Crippen LogP contribution in [0.25, 0.3) is 0 Å². The number of hydrogen-bond acceptors (Lipinski definition) is 0. The first-order valence-corrected chi connectivity index (χ1v) is 11.4. The Balaban J connectivity index is 3.02. The molecular weight excluding hydrogens is 288 g/mol. The molecule has 0 fully saturated rings. The summed E-state index contributed by atoms with van der Waals surface area (Å²) >= 11 is 0. The molecule has 0 aliphatic rings. The van der Waals surface area contributed by atoms with Crippen LogP contribution in [0.5, 0.6) is 0 Å². The van der Waals surface area contributed by atoms with Gasteiger partial charge in [-0.3, -0.25) is 0 Å². The Kier molecular flexibility index (Phi) is 22.1. The molecule has 0 atom stereocenters. The van der Waals surface area contributed by atoms with E-state index < -0.39 is 0 Å². The van der Waals surface area contributed by atoms with E-state index in [1.54, 1.807) is 0 Å². The molecule has 0 aromatic heterocycles. The third kappa shape index (κ3) is 21.6. The Labute approximate surface area is 154 Å². The standard InChI is InChI=1S/C24H46/c1-3-5-7-9-11-13-15-17-19-21-23-24-22-20-18-16-14-12-10-8-6-4-2/h3-11,13,15-24H2,1-2H3. The lowest BCUT2D eigenvalue weighted by Gasteiger charge is -2.03. The Bertz CT molecular complexity index is 267. The fourth-order valence-corrected chi connectivity index (χ4v) is 3.22. The Morgan fingerprint density at radius 1 is 0.333 bits per heavy atom. The molecule has 0 aromatic rings. The maximum atomic E-state index is 3.34. The first-order valence-electron chi connectivity index (χ1n) is 11.4. The molecule has 0 N–H and O–H groups in total. The van der Waals surface area contributed by atoms with Crippen LogP contribution in [0, 0.1) is 11.8 Å². The van der Waals surface area contributed by atoms with Crippen LogP contribution >= 0.6 is 0 Å². The molecule has 0 aromatic carbocycles. The third-order valence-corrected chi connectivity index (χ3v) is 4.94. The summed E-state index contributed by atoms with van der Waals surface area (Å²) in [5.74, 6) is 6.66. The summed E-state index contributed by atoms with van der Waals surface area (Å²) in [5.41, 5.74) is 0. The first-order chi connectivity index (χ1) is 11.9. The smallest absolute Gasteiger partial charge is 0.00886 e. The van der Waals surface area contributed by atoms with Crippen LogP contribution in [0.4, 0.5) is 0 Å². The zero-order valence-electron chi connectivity index (χ0n) is 17.1. The largest absolute Gasteiger partial charge is 0.103 e. The summed E-state index contributed by atoms with van der Waals surface area (Å²) in [6.45, 7) is 4.55. The highest BCUT2D eigenvalue weighted by atomic mass is 14.0. The van der Waals surface area contributed by atoms with E-state index in [0.717, 1.165) is 12.8 Å². The van der Waals surface area contributed by atoms with Gasteiger partial charge in [-0.2, -0.15) is 0 Å². The quantitative estimate of drug-likeness (QED) is 0.173. The van der Waals surface area contributed by atoms with Crippen molar-refractivity contribution in [2.24, 2.45) is 0 Å². The second kappa shape index (κ2) is 22.6. The number of rotatable bonds is 18. The van der Waals surface area contributed by atoms with Crippen molar-refractivity contribution in [1.29, 1.82) is 0 Å². The highest BCUT2D eigenvalue weighted by Gasteiger charge is 1.94. The summed E-state index contributed by atoms with van der Waals surface area (Å²) in [6.07, 6.45) is 27.8. The predicted octanol–water partition coefficient (Wildman–Crippen LogP) is 8.83. The molecule has 0 saturated carbocycles. The van der Waals surface area contributed by atoms with Gasteiger partial charge in [-0.05, 0) is 12.8 Å². The molecule has 0 unspecified atom stereocenters. The Morgan fingerprint density at radius 3 is 0.958 bits per heavy atom. The van der Waals surface area contributed by atoms with Gasteiger partial charge in [0.05, 0.1) is 0 Å². The van der Waals surface area contributed by atoms with Gasteiger partial charge in [0.2, 0.25) is 0 Å². The highest BCUT2D eigenvalue weighted by molar-refractivity contribution is 4.98. The van der Waals surface area contributed by atoms with Crippen LogP contribution in [-0.2, 0) is 0 Å². The topological polar surface area (TPSA) is 0 Å². The lowest BCUT2D eigenvalue weighted by Crippen LogP contribution is -1.83.